The first-order valence-corrected chi connectivity index (χ1v) is 11.6. The van der Waals surface area contributed by atoms with Crippen molar-refractivity contribution in [3.05, 3.63) is 35.4 Å². The second kappa shape index (κ2) is 9.75. The Bertz CT molecular complexity index is 706. The minimum Gasteiger partial charge on any atom is -0.352 e. The molecule has 2 fully saturated rings. The summed E-state index contributed by atoms with van der Waals surface area (Å²) in [4.78, 5) is 30.5. The average molecular weight is 398 g/mol. The Morgan fingerprint density at radius 3 is 2.34 bits per heavy atom. The Balaban J connectivity index is 1.48. The van der Waals surface area contributed by atoms with Crippen LogP contribution in [0, 0.1) is 0 Å². The van der Waals surface area contributed by atoms with Crippen molar-refractivity contribution < 1.29 is 9.59 Å². The van der Waals surface area contributed by atoms with Gasteiger partial charge in [0.2, 0.25) is 11.8 Å². The number of hydrogen-bond donors (Lipinski definition) is 1. The Morgan fingerprint density at radius 1 is 0.897 bits per heavy atom. The topological polar surface area (TPSA) is 52.7 Å². The van der Waals surface area contributed by atoms with Gasteiger partial charge in [-0.15, -0.1) is 0 Å². The van der Waals surface area contributed by atoms with Crippen LogP contribution in [0.15, 0.2) is 24.3 Å². The van der Waals surface area contributed by atoms with Gasteiger partial charge in [-0.2, -0.15) is 0 Å². The third-order valence-electron chi connectivity index (χ3n) is 6.85. The molecule has 0 bridgehead atoms. The molecule has 1 unspecified atom stereocenters. The highest BCUT2D eigenvalue weighted by Gasteiger charge is 2.36. The summed E-state index contributed by atoms with van der Waals surface area (Å²) >= 11 is 0. The van der Waals surface area contributed by atoms with Crippen LogP contribution >= 0.6 is 0 Å². The first-order chi connectivity index (χ1) is 14.2. The maximum Gasteiger partial charge on any atom is 0.244 e. The third kappa shape index (κ3) is 5.00. The molecule has 2 amide bonds. The van der Waals surface area contributed by atoms with E-state index in [0.29, 0.717) is 12.6 Å². The van der Waals surface area contributed by atoms with E-state index in [9.17, 15) is 9.59 Å². The van der Waals surface area contributed by atoms with Crippen LogP contribution in [-0.4, -0.2) is 53.8 Å². The highest BCUT2D eigenvalue weighted by atomic mass is 16.2. The first-order valence-electron chi connectivity index (χ1n) is 11.6. The molecular formula is C24H35N3O2. The maximum atomic E-state index is 13.5. The van der Waals surface area contributed by atoms with Gasteiger partial charge < -0.3 is 10.2 Å². The molecule has 3 aliphatic rings. The number of rotatable bonds is 4. The first kappa shape index (κ1) is 20.4. The van der Waals surface area contributed by atoms with Crippen LogP contribution in [0.25, 0.3) is 0 Å². The van der Waals surface area contributed by atoms with Crippen LogP contribution < -0.4 is 5.32 Å². The molecule has 1 aromatic rings. The molecule has 1 atom stereocenters. The smallest absolute Gasteiger partial charge is 0.244 e. The summed E-state index contributed by atoms with van der Waals surface area (Å²) in [6.07, 6.45) is 11.4. The van der Waals surface area contributed by atoms with Gasteiger partial charge in [-0.05, 0) is 49.7 Å². The Kier molecular flexibility index (Phi) is 6.86. The summed E-state index contributed by atoms with van der Waals surface area (Å²) in [6.45, 7) is 2.77. The molecule has 5 heteroatoms. The standard InChI is InChI=1S/C24H35N3O2/c28-22(25-20-11-4-1-2-5-12-20)18-27-17-14-19-10-6-7-13-21(19)23(27)24(29)26-15-8-3-9-16-26/h6-7,10,13,20,23H,1-5,8-9,11-12,14-18H2,(H,25,28). The number of piperidine rings is 1. The van der Waals surface area contributed by atoms with Crippen molar-refractivity contribution in [3.63, 3.8) is 0 Å². The fraction of sp³-hybridized carbons (Fsp3) is 0.667. The second-order valence-electron chi connectivity index (χ2n) is 8.96. The minimum absolute atomic E-state index is 0.0766. The van der Waals surface area contributed by atoms with E-state index in [0.717, 1.165) is 57.3 Å². The molecule has 1 N–H and O–H groups in total. The third-order valence-corrected chi connectivity index (χ3v) is 6.85. The van der Waals surface area contributed by atoms with Gasteiger partial charge in [-0.1, -0.05) is 49.9 Å². The molecule has 1 aromatic carbocycles. The number of likely N-dealkylation sites (tertiary alicyclic amines) is 1. The summed E-state index contributed by atoms with van der Waals surface area (Å²) in [5, 5.41) is 3.26. The highest BCUT2D eigenvalue weighted by molar-refractivity contribution is 5.85. The van der Waals surface area contributed by atoms with Gasteiger partial charge in [0, 0.05) is 25.7 Å². The van der Waals surface area contributed by atoms with Crippen LogP contribution in [0.1, 0.15) is 75.0 Å². The summed E-state index contributed by atoms with van der Waals surface area (Å²) in [7, 11) is 0. The monoisotopic (exact) mass is 397 g/mol. The number of nitrogens with zero attached hydrogens (tertiary/aromatic N) is 2. The normalized spacial score (nSPS) is 23.9. The van der Waals surface area contributed by atoms with Crippen molar-refractivity contribution in [2.24, 2.45) is 0 Å². The summed E-state index contributed by atoms with van der Waals surface area (Å²) in [5.41, 5.74) is 2.35. The summed E-state index contributed by atoms with van der Waals surface area (Å²) in [5.74, 6) is 0.256. The highest BCUT2D eigenvalue weighted by Crippen LogP contribution is 2.32. The summed E-state index contributed by atoms with van der Waals surface area (Å²) in [6, 6.07) is 8.27. The largest absolute Gasteiger partial charge is 0.352 e. The van der Waals surface area contributed by atoms with Gasteiger partial charge in [-0.25, -0.2) is 0 Å². The van der Waals surface area contributed by atoms with E-state index in [1.54, 1.807) is 0 Å². The second-order valence-corrected chi connectivity index (χ2v) is 8.96. The molecule has 1 saturated heterocycles. The number of fused-ring (bicyclic) bond motifs is 1. The van der Waals surface area contributed by atoms with E-state index < -0.39 is 0 Å². The molecule has 29 heavy (non-hydrogen) atoms. The van der Waals surface area contributed by atoms with E-state index >= 15 is 0 Å². The van der Waals surface area contributed by atoms with Gasteiger partial charge in [0.25, 0.3) is 0 Å². The number of benzene rings is 1. The fourth-order valence-corrected chi connectivity index (χ4v) is 5.25. The van der Waals surface area contributed by atoms with E-state index in [2.05, 4.69) is 28.4 Å². The number of hydrogen-bond acceptors (Lipinski definition) is 3. The van der Waals surface area contributed by atoms with Gasteiger partial charge in [-0.3, -0.25) is 14.5 Å². The van der Waals surface area contributed by atoms with Gasteiger partial charge in [0.05, 0.1) is 6.54 Å². The quantitative estimate of drug-likeness (QED) is 0.792. The molecular weight excluding hydrogens is 362 g/mol. The molecule has 5 nitrogen and oxygen atoms in total. The zero-order valence-electron chi connectivity index (χ0n) is 17.6. The van der Waals surface area contributed by atoms with Gasteiger partial charge in [0.15, 0.2) is 0 Å². The van der Waals surface area contributed by atoms with Crippen LogP contribution in [0.5, 0.6) is 0 Å². The predicted molar refractivity (Wildman–Crippen MR) is 115 cm³/mol. The summed E-state index contributed by atoms with van der Waals surface area (Å²) < 4.78 is 0. The fourth-order valence-electron chi connectivity index (χ4n) is 5.25. The van der Waals surface area contributed by atoms with Crippen LogP contribution in [-0.2, 0) is 16.0 Å². The van der Waals surface area contributed by atoms with Crippen molar-refractivity contribution in [2.75, 3.05) is 26.2 Å². The van der Waals surface area contributed by atoms with E-state index in [-0.39, 0.29) is 17.9 Å². The molecule has 4 rings (SSSR count). The van der Waals surface area contributed by atoms with E-state index in [1.807, 2.05) is 11.0 Å². The molecule has 158 valence electrons. The Hall–Kier alpha value is -1.88. The number of nitrogens with one attached hydrogen (secondary N) is 1. The number of carbonyl (C=O) groups excluding carboxylic acids is 2. The van der Waals surface area contributed by atoms with Crippen molar-refractivity contribution in [2.45, 2.75) is 76.3 Å². The Labute approximate surface area is 174 Å². The van der Waals surface area contributed by atoms with Crippen molar-refractivity contribution in [1.82, 2.24) is 15.1 Å². The Morgan fingerprint density at radius 2 is 1.59 bits per heavy atom. The lowest BCUT2D eigenvalue weighted by molar-refractivity contribution is -0.139. The van der Waals surface area contributed by atoms with Crippen LogP contribution in [0.3, 0.4) is 0 Å². The predicted octanol–water partition coefficient (Wildman–Crippen LogP) is 3.44. The maximum absolute atomic E-state index is 13.5. The molecule has 0 radical (unpaired) electrons. The van der Waals surface area contributed by atoms with Crippen molar-refractivity contribution in [1.29, 1.82) is 0 Å². The lowest BCUT2D eigenvalue weighted by Crippen LogP contribution is -2.51. The minimum atomic E-state index is -0.321. The molecule has 0 aromatic heterocycles. The lowest BCUT2D eigenvalue weighted by Gasteiger charge is -2.39. The van der Waals surface area contributed by atoms with Crippen molar-refractivity contribution in [3.8, 4) is 0 Å². The SMILES string of the molecule is O=C(CN1CCc2ccccc2C1C(=O)N1CCCCC1)NC1CCCCCC1. The molecule has 0 spiro atoms. The number of amides is 2. The zero-order chi connectivity index (χ0) is 20.1. The molecule has 2 heterocycles. The lowest BCUT2D eigenvalue weighted by atomic mass is 9.91. The van der Waals surface area contributed by atoms with Crippen LogP contribution in [0.4, 0.5) is 0 Å². The molecule has 2 aliphatic heterocycles. The molecule has 1 saturated carbocycles. The average Bonchev–Trinajstić information content (AvgIpc) is 3.02. The molecule has 1 aliphatic carbocycles. The number of carbonyl (C=O) groups is 2. The van der Waals surface area contributed by atoms with Gasteiger partial charge >= 0.3 is 0 Å². The van der Waals surface area contributed by atoms with Crippen LogP contribution in [0.2, 0.25) is 0 Å². The zero-order valence-corrected chi connectivity index (χ0v) is 17.6. The van der Waals surface area contributed by atoms with Gasteiger partial charge in [0.1, 0.15) is 6.04 Å². The van der Waals surface area contributed by atoms with E-state index in [1.165, 1.54) is 37.7 Å². The van der Waals surface area contributed by atoms with Crippen molar-refractivity contribution >= 4 is 11.8 Å². The van der Waals surface area contributed by atoms with E-state index in [4.69, 9.17) is 0 Å².